The van der Waals surface area contributed by atoms with Crippen molar-refractivity contribution in [1.82, 2.24) is 5.32 Å². The van der Waals surface area contributed by atoms with Crippen LogP contribution in [0.1, 0.15) is 20.3 Å². The van der Waals surface area contributed by atoms with Gasteiger partial charge in [-0.05, 0) is 20.3 Å². The Hall–Kier alpha value is -0.630. The van der Waals surface area contributed by atoms with Gasteiger partial charge >= 0.3 is 6.18 Å². The van der Waals surface area contributed by atoms with Crippen LogP contribution in [0.2, 0.25) is 0 Å². The highest BCUT2D eigenvalue weighted by atomic mass is 32.2. The van der Waals surface area contributed by atoms with Crippen molar-refractivity contribution >= 4 is 16.7 Å². The topological polar surface area (TPSA) is 72.2 Å². The molecule has 0 spiro atoms. The van der Waals surface area contributed by atoms with E-state index in [0.29, 0.717) is 19.1 Å². The van der Waals surface area contributed by atoms with Crippen LogP contribution in [-0.4, -0.2) is 39.9 Å². The lowest BCUT2D eigenvalue weighted by Gasteiger charge is -2.27. The molecule has 0 fully saturated rings. The Morgan fingerprint density at radius 2 is 1.94 bits per heavy atom. The van der Waals surface area contributed by atoms with Gasteiger partial charge in [-0.15, -0.1) is 0 Å². The summed E-state index contributed by atoms with van der Waals surface area (Å²) in [5.74, 6) is -0.964. The summed E-state index contributed by atoms with van der Waals surface area (Å²) in [6.07, 6.45) is -2.98. The molecule has 102 valence electrons. The summed E-state index contributed by atoms with van der Waals surface area (Å²) in [6, 6.07) is -0.503. The molecule has 3 atom stereocenters. The minimum Gasteiger partial charge on any atom is -0.352 e. The number of nitrogens with one attached hydrogen (secondary N) is 1. The second kappa shape index (κ2) is 5.81. The Morgan fingerprint density at radius 1 is 1.47 bits per heavy atom. The molecule has 3 N–H and O–H groups in total. The van der Waals surface area contributed by atoms with E-state index >= 15 is 0 Å². The molecule has 0 saturated carbocycles. The Kier molecular flexibility index (Phi) is 5.60. The van der Waals surface area contributed by atoms with Crippen LogP contribution in [0, 0.1) is 0 Å². The standard InChI is InChI=1S/C9H17F3N2O2S/c1-6(4-5-17(3)16)14-7(15)8(2,13)9(10,11)12/h6H,4-5,13H2,1-3H3,(H,14,15). The zero-order chi connectivity index (χ0) is 13.9. The van der Waals surface area contributed by atoms with Gasteiger partial charge in [0.05, 0.1) is 0 Å². The first-order valence-corrected chi connectivity index (χ1v) is 6.67. The van der Waals surface area contributed by atoms with Gasteiger partial charge in [0.25, 0.3) is 0 Å². The highest BCUT2D eigenvalue weighted by Crippen LogP contribution is 2.28. The zero-order valence-electron chi connectivity index (χ0n) is 9.93. The van der Waals surface area contributed by atoms with Crippen LogP contribution < -0.4 is 11.1 Å². The molecule has 1 amide bonds. The van der Waals surface area contributed by atoms with E-state index in [2.05, 4.69) is 5.32 Å². The van der Waals surface area contributed by atoms with Crippen molar-refractivity contribution in [3.05, 3.63) is 0 Å². The van der Waals surface area contributed by atoms with Crippen LogP contribution in [0.15, 0.2) is 0 Å². The van der Waals surface area contributed by atoms with Crippen LogP contribution in [0.4, 0.5) is 13.2 Å². The molecule has 0 aliphatic rings. The summed E-state index contributed by atoms with van der Waals surface area (Å²) in [4.78, 5) is 11.3. The summed E-state index contributed by atoms with van der Waals surface area (Å²) < 4.78 is 48.0. The van der Waals surface area contributed by atoms with Gasteiger partial charge in [0.1, 0.15) is 0 Å². The molecule has 0 aromatic carbocycles. The Labute approximate surface area is 101 Å². The molecule has 0 bridgehead atoms. The maximum absolute atomic E-state index is 12.4. The summed E-state index contributed by atoms with van der Waals surface area (Å²) >= 11 is 0. The first-order chi connectivity index (χ1) is 7.48. The first-order valence-electron chi connectivity index (χ1n) is 4.95. The Bertz CT molecular complexity index is 305. The van der Waals surface area contributed by atoms with Crippen LogP contribution in [0.3, 0.4) is 0 Å². The number of rotatable bonds is 5. The summed E-state index contributed by atoms with van der Waals surface area (Å²) in [5, 5.41) is 2.16. The van der Waals surface area contributed by atoms with Crippen molar-refractivity contribution in [2.45, 2.75) is 38.0 Å². The zero-order valence-corrected chi connectivity index (χ0v) is 10.7. The van der Waals surface area contributed by atoms with Gasteiger partial charge in [0, 0.05) is 28.9 Å². The van der Waals surface area contributed by atoms with Gasteiger partial charge in [0.15, 0.2) is 5.54 Å². The number of halogens is 3. The lowest BCUT2D eigenvalue weighted by molar-refractivity contribution is -0.187. The molecule has 0 saturated heterocycles. The fraction of sp³-hybridized carbons (Fsp3) is 0.889. The molecule has 4 nitrogen and oxygen atoms in total. The maximum Gasteiger partial charge on any atom is 0.415 e. The summed E-state index contributed by atoms with van der Waals surface area (Å²) in [5.41, 5.74) is 2.03. The SMILES string of the molecule is CC(CCS(C)=O)NC(=O)C(C)(N)C(F)(F)F. The van der Waals surface area contributed by atoms with E-state index in [1.807, 2.05) is 0 Å². The molecule has 0 aromatic heterocycles. The van der Waals surface area contributed by atoms with Crippen molar-refractivity contribution in [2.75, 3.05) is 12.0 Å². The number of amides is 1. The third kappa shape index (κ3) is 5.03. The number of hydrogen-bond donors (Lipinski definition) is 2. The molecule has 3 unspecified atom stereocenters. The van der Waals surface area contributed by atoms with Gasteiger partial charge in [-0.3, -0.25) is 9.00 Å². The van der Waals surface area contributed by atoms with E-state index in [4.69, 9.17) is 5.73 Å². The molecule has 0 radical (unpaired) electrons. The molecule has 0 aliphatic carbocycles. The highest BCUT2D eigenvalue weighted by molar-refractivity contribution is 7.84. The first kappa shape index (κ1) is 16.4. The number of hydrogen-bond acceptors (Lipinski definition) is 3. The van der Waals surface area contributed by atoms with Gasteiger partial charge in [-0.1, -0.05) is 0 Å². The molecule has 17 heavy (non-hydrogen) atoms. The third-order valence-electron chi connectivity index (χ3n) is 2.28. The normalized spacial score (nSPS) is 19.2. The predicted octanol–water partition coefficient (Wildman–Crippen LogP) is 0.539. The van der Waals surface area contributed by atoms with Crippen LogP contribution in [0.5, 0.6) is 0 Å². The molecule has 8 heteroatoms. The highest BCUT2D eigenvalue weighted by Gasteiger charge is 2.54. The van der Waals surface area contributed by atoms with E-state index in [-0.39, 0.29) is 0 Å². The van der Waals surface area contributed by atoms with Crippen molar-refractivity contribution in [3.63, 3.8) is 0 Å². The molecule has 0 rings (SSSR count). The second-order valence-electron chi connectivity index (χ2n) is 4.14. The van der Waals surface area contributed by atoms with E-state index in [0.717, 1.165) is 0 Å². The maximum atomic E-state index is 12.4. The van der Waals surface area contributed by atoms with E-state index in [9.17, 15) is 22.2 Å². The Balaban J connectivity index is 4.40. The molecular formula is C9H17F3N2O2S. The van der Waals surface area contributed by atoms with Crippen molar-refractivity contribution in [3.8, 4) is 0 Å². The van der Waals surface area contributed by atoms with E-state index in [1.165, 1.54) is 13.2 Å². The smallest absolute Gasteiger partial charge is 0.352 e. The minimum atomic E-state index is -4.80. The van der Waals surface area contributed by atoms with Gasteiger partial charge in [0.2, 0.25) is 5.91 Å². The summed E-state index contributed by atoms with van der Waals surface area (Å²) in [7, 11) is -1.04. The number of alkyl halides is 3. The van der Waals surface area contributed by atoms with Crippen molar-refractivity contribution in [1.29, 1.82) is 0 Å². The Morgan fingerprint density at radius 3 is 2.29 bits per heavy atom. The molecule has 0 aromatic rings. The quantitative estimate of drug-likeness (QED) is 0.768. The fourth-order valence-electron chi connectivity index (χ4n) is 0.917. The average molecular weight is 274 g/mol. The second-order valence-corrected chi connectivity index (χ2v) is 5.70. The van der Waals surface area contributed by atoms with Crippen molar-refractivity contribution in [2.24, 2.45) is 5.73 Å². The predicted molar refractivity (Wildman–Crippen MR) is 59.8 cm³/mol. The monoisotopic (exact) mass is 274 g/mol. The average Bonchev–Trinajstić information content (AvgIpc) is 2.12. The lowest BCUT2D eigenvalue weighted by atomic mass is 10.0. The molecular weight excluding hydrogens is 257 g/mol. The molecule has 0 heterocycles. The van der Waals surface area contributed by atoms with Gasteiger partial charge in [-0.25, -0.2) is 0 Å². The van der Waals surface area contributed by atoms with Crippen LogP contribution >= 0.6 is 0 Å². The van der Waals surface area contributed by atoms with E-state index < -0.39 is 34.5 Å². The van der Waals surface area contributed by atoms with E-state index in [1.54, 1.807) is 0 Å². The number of carbonyl (C=O) groups is 1. The lowest BCUT2D eigenvalue weighted by Crippen LogP contribution is -2.62. The van der Waals surface area contributed by atoms with Gasteiger partial charge < -0.3 is 11.1 Å². The number of carbonyl (C=O) groups excluding carboxylic acids is 1. The largest absolute Gasteiger partial charge is 0.415 e. The summed E-state index contributed by atoms with van der Waals surface area (Å²) in [6.45, 7) is 2.16. The fourth-order valence-corrected chi connectivity index (χ4v) is 1.60. The van der Waals surface area contributed by atoms with Crippen LogP contribution in [-0.2, 0) is 15.6 Å². The van der Waals surface area contributed by atoms with Gasteiger partial charge in [-0.2, -0.15) is 13.2 Å². The number of nitrogens with two attached hydrogens (primary N) is 1. The molecule has 0 aliphatic heterocycles. The third-order valence-corrected chi connectivity index (χ3v) is 3.09. The van der Waals surface area contributed by atoms with Crippen LogP contribution in [0.25, 0.3) is 0 Å². The van der Waals surface area contributed by atoms with Crippen molar-refractivity contribution < 1.29 is 22.2 Å². The minimum absolute atomic E-state index is 0.314.